The van der Waals surface area contributed by atoms with Crippen LogP contribution in [0.4, 0.5) is 0 Å². The first-order valence-electron chi connectivity index (χ1n) is 8.12. The van der Waals surface area contributed by atoms with E-state index < -0.39 is 11.8 Å². The summed E-state index contributed by atoms with van der Waals surface area (Å²) in [5.41, 5.74) is 0. The minimum absolute atomic E-state index is 0.0478. The van der Waals surface area contributed by atoms with E-state index in [9.17, 15) is 14.4 Å². The van der Waals surface area contributed by atoms with Gasteiger partial charge < -0.3 is 15.1 Å². The number of thioether (sulfide) groups is 1. The van der Waals surface area contributed by atoms with Crippen molar-refractivity contribution in [2.45, 2.75) is 24.8 Å². The van der Waals surface area contributed by atoms with Gasteiger partial charge >= 0.3 is 11.8 Å². The number of nitrogens with one attached hydrogen (secondary N) is 1. The summed E-state index contributed by atoms with van der Waals surface area (Å²) in [6.45, 7) is 5.31. The van der Waals surface area contributed by atoms with Crippen LogP contribution < -0.4 is 5.32 Å². The van der Waals surface area contributed by atoms with Crippen LogP contribution in [0.25, 0.3) is 0 Å². The number of nitrogens with zero attached hydrogens (tertiary/aromatic N) is 2. The average Bonchev–Trinajstić information content (AvgIpc) is 2.60. The Kier molecular flexibility index (Phi) is 7.31. The third-order valence-corrected chi connectivity index (χ3v) is 5.24. The fourth-order valence-corrected chi connectivity index (χ4v) is 3.46. The van der Waals surface area contributed by atoms with Crippen molar-refractivity contribution in [1.82, 2.24) is 15.1 Å². The lowest BCUT2D eigenvalue weighted by Gasteiger charge is -2.34. The number of hydrogen-bond donors (Lipinski definition) is 1. The standard InChI is InChI=1S/C17H22BrN3O3S/c1-12(2)19-16(23)17(24)21-9-7-20(8-10-21)15(22)11-25-14-5-3-13(18)4-6-14/h3-6,12H,7-11H2,1-2H3,(H,19,23). The molecule has 2 rings (SSSR count). The van der Waals surface area contributed by atoms with Crippen molar-refractivity contribution in [3.05, 3.63) is 28.7 Å². The van der Waals surface area contributed by atoms with Crippen molar-refractivity contribution >= 4 is 45.4 Å². The maximum Gasteiger partial charge on any atom is 0.312 e. The molecule has 1 aromatic rings. The molecule has 0 spiro atoms. The summed E-state index contributed by atoms with van der Waals surface area (Å²) in [4.78, 5) is 40.4. The second kappa shape index (κ2) is 9.24. The first kappa shape index (κ1) is 19.8. The lowest BCUT2D eigenvalue weighted by atomic mass is 10.3. The number of benzene rings is 1. The van der Waals surface area contributed by atoms with Crippen molar-refractivity contribution in [2.75, 3.05) is 31.9 Å². The summed E-state index contributed by atoms with van der Waals surface area (Å²) in [5.74, 6) is -0.694. The first-order valence-corrected chi connectivity index (χ1v) is 9.90. The summed E-state index contributed by atoms with van der Waals surface area (Å²) in [5, 5.41) is 2.60. The molecule has 1 heterocycles. The van der Waals surface area contributed by atoms with Gasteiger partial charge in [0.25, 0.3) is 0 Å². The number of piperazine rings is 1. The minimum Gasteiger partial charge on any atom is -0.346 e. The molecule has 6 nitrogen and oxygen atoms in total. The van der Waals surface area contributed by atoms with Crippen molar-refractivity contribution in [3.63, 3.8) is 0 Å². The van der Waals surface area contributed by atoms with E-state index in [0.29, 0.717) is 31.9 Å². The van der Waals surface area contributed by atoms with Gasteiger partial charge in [-0.3, -0.25) is 14.4 Å². The van der Waals surface area contributed by atoms with E-state index in [2.05, 4.69) is 21.2 Å². The van der Waals surface area contributed by atoms with Gasteiger partial charge in [-0.05, 0) is 38.1 Å². The van der Waals surface area contributed by atoms with Crippen LogP contribution in [-0.2, 0) is 14.4 Å². The van der Waals surface area contributed by atoms with Crippen molar-refractivity contribution in [3.8, 4) is 0 Å². The molecule has 0 aromatic heterocycles. The van der Waals surface area contributed by atoms with Gasteiger partial charge in [-0.25, -0.2) is 0 Å². The van der Waals surface area contributed by atoms with Gasteiger partial charge in [-0.15, -0.1) is 11.8 Å². The van der Waals surface area contributed by atoms with Crippen LogP contribution in [0.3, 0.4) is 0 Å². The maximum absolute atomic E-state index is 12.3. The van der Waals surface area contributed by atoms with Crippen LogP contribution in [0.15, 0.2) is 33.6 Å². The number of halogens is 1. The van der Waals surface area contributed by atoms with Gasteiger partial charge in [0.2, 0.25) is 5.91 Å². The molecule has 1 aromatic carbocycles. The Balaban J connectivity index is 1.77. The van der Waals surface area contributed by atoms with Crippen LogP contribution in [0.1, 0.15) is 13.8 Å². The SMILES string of the molecule is CC(C)NC(=O)C(=O)N1CCN(C(=O)CSc2ccc(Br)cc2)CC1. The zero-order chi connectivity index (χ0) is 18.4. The maximum atomic E-state index is 12.3. The lowest BCUT2D eigenvalue weighted by molar-refractivity contribution is -0.148. The van der Waals surface area contributed by atoms with E-state index >= 15 is 0 Å². The van der Waals surface area contributed by atoms with Crippen molar-refractivity contribution in [1.29, 1.82) is 0 Å². The smallest absolute Gasteiger partial charge is 0.312 e. The molecule has 1 fully saturated rings. The Labute approximate surface area is 160 Å². The lowest BCUT2D eigenvalue weighted by Crippen LogP contribution is -2.54. The molecular formula is C17H22BrN3O3S. The molecule has 0 unspecified atom stereocenters. The highest BCUT2D eigenvalue weighted by Crippen LogP contribution is 2.21. The Morgan fingerprint density at radius 2 is 1.64 bits per heavy atom. The molecule has 0 saturated carbocycles. The number of carbonyl (C=O) groups excluding carboxylic acids is 3. The van der Waals surface area contributed by atoms with Crippen LogP contribution in [0.2, 0.25) is 0 Å². The van der Waals surface area contributed by atoms with E-state index in [4.69, 9.17) is 0 Å². The molecule has 0 radical (unpaired) electrons. The number of hydrogen-bond acceptors (Lipinski definition) is 4. The van der Waals surface area contributed by atoms with E-state index in [1.807, 2.05) is 38.1 Å². The molecule has 0 atom stereocenters. The molecule has 25 heavy (non-hydrogen) atoms. The zero-order valence-corrected chi connectivity index (χ0v) is 16.7. The van der Waals surface area contributed by atoms with Gasteiger partial charge in [0, 0.05) is 41.6 Å². The second-order valence-corrected chi connectivity index (χ2v) is 8.01. The monoisotopic (exact) mass is 427 g/mol. The highest BCUT2D eigenvalue weighted by molar-refractivity contribution is 9.10. The van der Waals surface area contributed by atoms with Crippen LogP contribution in [0, 0.1) is 0 Å². The summed E-state index contributed by atoms with van der Waals surface area (Å²) in [7, 11) is 0. The highest BCUT2D eigenvalue weighted by atomic mass is 79.9. The molecule has 3 amide bonds. The summed E-state index contributed by atoms with van der Waals surface area (Å²) >= 11 is 4.88. The third-order valence-electron chi connectivity index (χ3n) is 3.71. The van der Waals surface area contributed by atoms with E-state index in [1.165, 1.54) is 16.7 Å². The van der Waals surface area contributed by atoms with Crippen molar-refractivity contribution < 1.29 is 14.4 Å². The Bertz CT molecular complexity index is 629. The summed E-state index contributed by atoms with van der Waals surface area (Å²) in [6.07, 6.45) is 0. The molecule has 1 N–H and O–H groups in total. The largest absolute Gasteiger partial charge is 0.346 e. The van der Waals surface area contributed by atoms with Crippen molar-refractivity contribution in [2.24, 2.45) is 0 Å². The average molecular weight is 428 g/mol. The molecule has 0 aliphatic carbocycles. The number of rotatable bonds is 4. The predicted molar refractivity (Wildman–Crippen MR) is 101 cm³/mol. The quantitative estimate of drug-likeness (QED) is 0.586. The fourth-order valence-electron chi connectivity index (χ4n) is 2.39. The van der Waals surface area contributed by atoms with Gasteiger partial charge in [-0.2, -0.15) is 0 Å². The number of carbonyl (C=O) groups is 3. The minimum atomic E-state index is -0.583. The van der Waals surface area contributed by atoms with E-state index in [-0.39, 0.29) is 11.9 Å². The second-order valence-electron chi connectivity index (χ2n) is 6.04. The summed E-state index contributed by atoms with van der Waals surface area (Å²) in [6, 6.07) is 7.74. The van der Waals surface area contributed by atoms with E-state index in [1.54, 1.807) is 4.90 Å². The molecule has 136 valence electrons. The Morgan fingerprint density at radius 3 is 2.20 bits per heavy atom. The Morgan fingerprint density at radius 1 is 1.08 bits per heavy atom. The van der Waals surface area contributed by atoms with Crippen LogP contribution in [0.5, 0.6) is 0 Å². The predicted octanol–water partition coefficient (Wildman–Crippen LogP) is 1.74. The van der Waals surface area contributed by atoms with Gasteiger partial charge in [0.05, 0.1) is 5.75 Å². The van der Waals surface area contributed by atoms with Gasteiger partial charge in [0.15, 0.2) is 0 Å². The molecule has 0 bridgehead atoms. The van der Waals surface area contributed by atoms with Crippen LogP contribution in [-0.4, -0.2) is 65.5 Å². The Hall–Kier alpha value is -1.54. The summed E-state index contributed by atoms with van der Waals surface area (Å²) < 4.78 is 1.01. The third kappa shape index (κ3) is 6.04. The van der Waals surface area contributed by atoms with E-state index in [0.717, 1.165) is 9.37 Å². The van der Waals surface area contributed by atoms with Gasteiger partial charge in [0.1, 0.15) is 0 Å². The topological polar surface area (TPSA) is 69.7 Å². The fraction of sp³-hybridized carbons (Fsp3) is 0.471. The highest BCUT2D eigenvalue weighted by Gasteiger charge is 2.27. The zero-order valence-electron chi connectivity index (χ0n) is 14.3. The molecule has 8 heteroatoms. The number of amides is 3. The normalized spacial score (nSPS) is 14.6. The molecule has 1 saturated heterocycles. The molecule has 1 aliphatic rings. The molecule has 1 aliphatic heterocycles. The van der Waals surface area contributed by atoms with Gasteiger partial charge in [-0.1, -0.05) is 15.9 Å². The molecular weight excluding hydrogens is 406 g/mol. The first-order chi connectivity index (χ1) is 11.9. The van der Waals surface area contributed by atoms with Crippen LogP contribution >= 0.6 is 27.7 Å².